The fourth-order valence-corrected chi connectivity index (χ4v) is 3.53. The first-order valence-electron chi connectivity index (χ1n) is 8.73. The van der Waals surface area contributed by atoms with Crippen molar-refractivity contribution in [3.05, 3.63) is 53.7 Å². The first-order chi connectivity index (χ1) is 11.4. The summed E-state index contributed by atoms with van der Waals surface area (Å²) < 4.78 is 0. The maximum atomic E-state index is 4.12. The van der Waals surface area contributed by atoms with Gasteiger partial charge in [0.05, 0.1) is 0 Å². The van der Waals surface area contributed by atoms with E-state index in [4.69, 9.17) is 0 Å². The molecular formula is C19H24N4. The molecule has 2 aromatic rings. The van der Waals surface area contributed by atoms with Gasteiger partial charge in [0, 0.05) is 31.9 Å². The van der Waals surface area contributed by atoms with E-state index in [9.17, 15) is 0 Å². The topological polar surface area (TPSA) is 41.1 Å². The Balaban J connectivity index is 1.32. The lowest BCUT2D eigenvalue weighted by Crippen LogP contribution is -2.39. The number of benzene rings is 1. The molecule has 2 aliphatic rings. The Hall–Kier alpha value is -1.94. The molecule has 2 heterocycles. The second-order valence-electron chi connectivity index (χ2n) is 6.78. The summed E-state index contributed by atoms with van der Waals surface area (Å²) in [6.07, 6.45) is 6.80. The molecule has 0 unspecified atom stereocenters. The van der Waals surface area contributed by atoms with Crippen LogP contribution in [0, 0.1) is 0 Å². The van der Waals surface area contributed by atoms with Crippen molar-refractivity contribution in [1.82, 2.24) is 15.1 Å². The molecule has 1 aliphatic carbocycles. The number of nitrogens with one attached hydrogen (secondary N) is 1. The van der Waals surface area contributed by atoms with Crippen LogP contribution in [0.4, 0.5) is 5.82 Å². The number of anilines is 1. The predicted octanol–water partition coefficient (Wildman–Crippen LogP) is 3.43. The molecule has 1 N–H and O–H groups in total. The minimum atomic E-state index is 0.515. The lowest BCUT2D eigenvalue weighted by molar-refractivity contribution is 0.210. The van der Waals surface area contributed by atoms with Gasteiger partial charge >= 0.3 is 0 Å². The van der Waals surface area contributed by atoms with Crippen molar-refractivity contribution in [2.45, 2.75) is 44.2 Å². The third-order valence-electron chi connectivity index (χ3n) is 4.98. The van der Waals surface area contributed by atoms with Crippen LogP contribution in [-0.2, 0) is 6.54 Å². The molecule has 4 rings (SSSR count). The quantitative estimate of drug-likeness (QED) is 0.919. The van der Waals surface area contributed by atoms with Crippen molar-refractivity contribution in [2.24, 2.45) is 0 Å². The number of likely N-dealkylation sites (tertiary alicyclic amines) is 1. The van der Waals surface area contributed by atoms with Gasteiger partial charge in [-0.05, 0) is 54.9 Å². The van der Waals surface area contributed by atoms with Gasteiger partial charge in [-0.25, -0.2) is 0 Å². The molecule has 1 saturated heterocycles. The monoisotopic (exact) mass is 308 g/mol. The highest BCUT2D eigenvalue weighted by molar-refractivity contribution is 5.34. The highest BCUT2D eigenvalue weighted by Gasteiger charge is 2.27. The molecule has 2 fully saturated rings. The summed E-state index contributed by atoms with van der Waals surface area (Å²) in [6.45, 7) is 3.40. The van der Waals surface area contributed by atoms with Crippen LogP contribution in [0.2, 0.25) is 0 Å². The van der Waals surface area contributed by atoms with Crippen molar-refractivity contribution in [1.29, 1.82) is 0 Å². The Labute approximate surface area is 137 Å². The number of aromatic nitrogens is 2. The second-order valence-corrected chi connectivity index (χ2v) is 6.78. The van der Waals surface area contributed by atoms with E-state index >= 15 is 0 Å². The number of rotatable bonds is 5. The standard InChI is InChI=1S/C19H24N4/c1-2-5-18(15-7-8-15)16(4-1)14-23-12-9-17(10-13-23)21-19-6-3-11-20-22-19/h1-6,11,15,17H,7-10,12-14H2,(H,21,22). The summed E-state index contributed by atoms with van der Waals surface area (Å²) in [4.78, 5) is 2.59. The van der Waals surface area contributed by atoms with Gasteiger partial charge in [0.1, 0.15) is 5.82 Å². The Kier molecular flexibility index (Phi) is 4.24. The summed E-state index contributed by atoms with van der Waals surface area (Å²) >= 11 is 0. The van der Waals surface area contributed by atoms with Crippen molar-refractivity contribution in [3.63, 3.8) is 0 Å². The van der Waals surface area contributed by atoms with Crippen molar-refractivity contribution < 1.29 is 0 Å². The molecule has 1 aromatic heterocycles. The Morgan fingerprint density at radius 2 is 1.83 bits per heavy atom. The molecule has 1 saturated carbocycles. The van der Waals surface area contributed by atoms with Crippen molar-refractivity contribution in [3.8, 4) is 0 Å². The van der Waals surface area contributed by atoms with Crippen LogP contribution in [0.15, 0.2) is 42.6 Å². The molecule has 0 spiro atoms. The lowest BCUT2D eigenvalue weighted by atomic mass is 10.0. The number of nitrogens with zero attached hydrogens (tertiary/aromatic N) is 3. The molecule has 0 amide bonds. The van der Waals surface area contributed by atoms with E-state index in [1.165, 1.54) is 31.2 Å². The first kappa shape index (κ1) is 14.6. The highest BCUT2D eigenvalue weighted by atomic mass is 15.2. The van der Waals surface area contributed by atoms with Crippen LogP contribution in [0.3, 0.4) is 0 Å². The number of hydrogen-bond acceptors (Lipinski definition) is 4. The molecule has 4 nitrogen and oxygen atoms in total. The average Bonchev–Trinajstić information content (AvgIpc) is 3.43. The largest absolute Gasteiger partial charge is 0.366 e. The summed E-state index contributed by atoms with van der Waals surface area (Å²) in [5, 5.41) is 11.6. The maximum absolute atomic E-state index is 4.12. The average molecular weight is 308 g/mol. The van der Waals surface area contributed by atoms with Crippen LogP contribution in [0.1, 0.15) is 42.7 Å². The van der Waals surface area contributed by atoms with Gasteiger partial charge < -0.3 is 5.32 Å². The van der Waals surface area contributed by atoms with Crippen molar-refractivity contribution >= 4 is 5.82 Å². The third kappa shape index (κ3) is 3.70. The summed E-state index contributed by atoms with van der Waals surface area (Å²) in [7, 11) is 0. The fourth-order valence-electron chi connectivity index (χ4n) is 3.53. The number of piperidine rings is 1. The van der Waals surface area contributed by atoms with Gasteiger partial charge in [-0.3, -0.25) is 4.90 Å². The molecule has 1 aliphatic heterocycles. The van der Waals surface area contributed by atoms with E-state index in [-0.39, 0.29) is 0 Å². The zero-order valence-corrected chi connectivity index (χ0v) is 13.5. The smallest absolute Gasteiger partial charge is 0.148 e. The lowest BCUT2D eigenvalue weighted by Gasteiger charge is -2.33. The summed E-state index contributed by atoms with van der Waals surface area (Å²) in [5.74, 6) is 1.73. The normalized spacial score (nSPS) is 19.7. The molecule has 0 radical (unpaired) electrons. The molecule has 1 aromatic carbocycles. The summed E-state index contributed by atoms with van der Waals surface area (Å²) in [5.41, 5.74) is 3.13. The molecule has 23 heavy (non-hydrogen) atoms. The molecule has 120 valence electrons. The van der Waals surface area contributed by atoms with Gasteiger partial charge in [0.2, 0.25) is 0 Å². The van der Waals surface area contributed by atoms with Crippen LogP contribution in [0.25, 0.3) is 0 Å². The molecule has 0 bridgehead atoms. The van der Waals surface area contributed by atoms with Crippen molar-refractivity contribution in [2.75, 3.05) is 18.4 Å². The Morgan fingerprint density at radius 1 is 1.00 bits per heavy atom. The Bertz CT molecular complexity index is 631. The van der Waals surface area contributed by atoms with Gasteiger partial charge in [0.15, 0.2) is 0 Å². The maximum Gasteiger partial charge on any atom is 0.148 e. The molecule has 4 heteroatoms. The van der Waals surface area contributed by atoms with E-state index in [1.54, 1.807) is 11.8 Å². The predicted molar refractivity (Wildman–Crippen MR) is 92.4 cm³/mol. The van der Waals surface area contributed by atoms with Crippen LogP contribution in [0.5, 0.6) is 0 Å². The third-order valence-corrected chi connectivity index (χ3v) is 4.98. The second kappa shape index (κ2) is 6.67. The van der Waals surface area contributed by atoms with Crippen LogP contribution < -0.4 is 5.32 Å². The van der Waals surface area contributed by atoms with Gasteiger partial charge in [-0.15, -0.1) is 5.10 Å². The molecular weight excluding hydrogens is 284 g/mol. The minimum Gasteiger partial charge on any atom is -0.366 e. The zero-order chi connectivity index (χ0) is 15.5. The van der Waals surface area contributed by atoms with Gasteiger partial charge in [-0.1, -0.05) is 24.3 Å². The Morgan fingerprint density at radius 3 is 2.57 bits per heavy atom. The van der Waals surface area contributed by atoms with E-state index in [1.807, 2.05) is 12.1 Å². The highest BCUT2D eigenvalue weighted by Crippen LogP contribution is 2.41. The number of hydrogen-bond donors (Lipinski definition) is 1. The minimum absolute atomic E-state index is 0.515. The van der Waals surface area contributed by atoms with Gasteiger partial charge in [-0.2, -0.15) is 5.10 Å². The van der Waals surface area contributed by atoms with Crippen LogP contribution >= 0.6 is 0 Å². The van der Waals surface area contributed by atoms with E-state index in [2.05, 4.69) is 44.7 Å². The first-order valence-corrected chi connectivity index (χ1v) is 8.73. The molecule has 0 atom stereocenters. The SMILES string of the molecule is c1cnnc(NC2CCN(Cc3ccccc3C3CC3)CC2)c1. The van der Waals surface area contributed by atoms with E-state index < -0.39 is 0 Å². The summed E-state index contributed by atoms with van der Waals surface area (Å²) in [6, 6.07) is 13.5. The zero-order valence-electron chi connectivity index (χ0n) is 13.5. The van der Waals surface area contributed by atoms with E-state index in [0.717, 1.165) is 31.4 Å². The fraction of sp³-hybridized carbons (Fsp3) is 0.474. The van der Waals surface area contributed by atoms with Gasteiger partial charge in [0.25, 0.3) is 0 Å². The van der Waals surface area contributed by atoms with Crippen LogP contribution in [-0.4, -0.2) is 34.2 Å². The van der Waals surface area contributed by atoms with E-state index in [0.29, 0.717) is 6.04 Å².